The van der Waals surface area contributed by atoms with Crippen LogP contribution in [0.15, 0.2) is 34.8 Å². The van der Waals surface area contributed by atoms with E-state index in [2.05, 4.69) is 26.6 Å². The second kappa shape index (κ2) is 11.0. The summed E-state index contributed by atoms with van der Waals surface area (Å²) in [4.78, 5) is 35.9. The molecule has 0 saturated carbocycles. The van der Waals surface area contributed by atoms with Crippen molar-refractivity contribution in [2.45, 2.75) is 26.7 Å². The Balaban J connectivity index is 1.77. The molecule has 0 aliphatic carbocycles. The molecule has 9 heteroatoms. The highest BCUT2D eigenvalue weighted by molar-refractivity contribution is 9.10. The van der Waals surface area contributed by atoms with Crippen molar-refractivity contribution in [3.8, 4) is 5.75 Å². The lowest BCUT2D eigenvalue weighted by molar-refractivity contribution is -0.147. The van der Waals surface area contributed by atoms with E-state index in [4.69, 9.17) is 21.1 Å². The fourth-order valence-corrected chi connectivity index (χ4v) is 3.04. The third kappa shape index (κ3) is 7.03. The van der Waals surface area contributed by atoms with Crippen molar-refractivity contribution in [1.82, 2.24) is 0 Å². The van der Waals surface area contributed by atoms with E-state index in [1.165, 1.54) is 7.11 Å². The number of carbonyl (C=O) groups excluding carboxylic acids is 3. The topological polar surface area (TPSA) is 93.7 Å². The maximum absolute atomic E-state index is 12.1. The molecule has 0 aliphatic heterocycles. The lowest BCUT2D eigenvalue weighted by atomic mass is 10.1. The number of esters is 1. The summed E-state index contributed by atoms with van der Waals surface area (Å²) in [5.74, 6) is -1.07. The fourth-order valence-electron chi connectivity index (χ4n) is 2.64. The van der Waals surface area contributed by atoms with Crippen LogP contribution in [0.3, 0.4) is 0 Å². The minimum Gasteiger partial charge on any atom is -0.495 e. The van der Waals surface area contributed by atoms with Gasteiger partial charge in [0, 0.05) is 21.6 Å². The molecule has 2 aromatic rings. The van der Waals surface area contributed by atoms with E-state index in [0.29, 0.717) is 22.1 Å². The monoisotopic (exact) mass is 496 g/mol. The summed E-state index contributed by atoms with van der Waals surface area (Å²) in [7, 11) is 1.47. The lowest BCUT2D eigenvalue weighted by Gasteiger charge is -2.11. The van der Waals surface area contributed by atoms with Crippen LogP contribution in [0.1, 0.15) is 24.0 Å². The number of carbonyl (C=O) groups is 3. The summed E-state index contributed by atoms with van der Waals surface area (Å²) in [5, 5.41) is 5.75. The van der Waals surface area contributed by atoms with Gasteiger partial charge in [0.2, 0.25) is 5.91 Å². The molecule has 0 unspecified atom stereocenters. The minimum atomic E-state index is -0.651. The summed E-state index contributed by atoms with van der Waals surface area (Å²) in [6.45, 7) is 3.39. The molecule has 0 aliphatic rings. The largest absolute Gasteiger partial charge is 0.495 e. The molecular weight excluding hydrogens is 476 g/mol. The summed E-state index contributed by atoms with van der Waals surface area (Å²) < 4.78 is 11.1. The van der Waals surface area contributed by atoms with Crippen LogP contribution < -0.4 is 15.4 Å². The molecule has 0 saturated heterocycles. The molecule has 0 bridgehead atoms. The number of halogens is 2. The predicted molar refractivity (Wildman–Crippen MR) is 119 cm³/mol. The van der Waals surface area contributed by atoms with Gasteiger partial charge in [-0.05, 0) is 55.3 Å². The molecule has 2 N–H and O–H groups in total. The first-order valence-corrected chi connectivity index (χ1v) is 10.2. The number of hydrogen-bond donors (Lipinski definition) is 2. The zero-order valence-corrected chi connectivity index (χ0v) is 19.1. The summed E-state index contributed by atoms with van der Waals surface area (Å²) >= 11 is 9.38. The lowest BCUT2D eigenvalue weighted by Crippen LogP contribution is -2.22. The summed E-state index contributed by atoms with van der Waals surface area (Å²) in [6.07, 6.45) is -0.278. The van der Waals surface area contributed by atoms with Gasteiger partial charge in [0.25, 0.3) is 5.91 Å². The first-order valence-electron chi connectivity index (χ1n) is 9.05. The van der Waals surface area contributed by atoms with E-state index in [0.717, 1.165) is 15.6 Å². The Hall–Kier alpha value is -2.58. The molecule has 0 spiro atoms. The number of methoxy groups -OCH3 is 1. The Morgan fingerprint density at radius 3 is 2.30 bits per heavy atom. The van der Waals surface area contributed by atoms with Gasteiger partial charge in [-0.15, -0.1) is 0 Å². The van der Waals surface area contributed by atoms with Gasteiger partial charge in [0.15, 0.2) is 6.61 Å². The Bertz CT molecular complexity index is 941. The highest BCUT2D eigenvalue weighted by Crippen LogP contribution is 2.28. The quantitative estimate of drug-likeness (QED) is 0.519. The summed E-state index contributed by atoms with van der Waals surface area (Å²) in [6, 6.07) is 8.43. The van der Waals surface area contributed by atoms with Crippen LogP contribution in [-0.4, -0.2) is 31.5 Å². The first-order chi connectivity index (χ1) is 14.2. The van der Waals surface area contributed by atoms with Crippen LogP contribution in [0, 0.1) is 13.8 Å². The fraction of sp³-hybridized carbons (Fsp3) is 0.286. The maximum Gasteiger partial charge on any atom is 0.306 e. The van der Waals surface area contributed by atoms with Crippen molar-refractivity contribution >= 4 is 56.7 Å². The molecule has 2 aromatic carbocycles. The zero-order chi connectivity index (χ0) is 22.3. The smallest absolute Gasteiger partial charge is 0.306 e. The third-order valence-corrected chi connectivity index (χ3v) is 5.56. The van der Waals surface area contributed by atoms with Gasteiger partial charge in [-0.1, -0.05) is 27.5 Å². The van der Waals surface area contributed by atoms with E-state index >= 15 is 0 Å². The van der Waals surface area contributed by atoms with Crippen LogP contribution in [0.25, 0.3) is 0 Å². The van der Waals surface area contributed by atoms with E-state index in [9.17, 15) is 14.4 Å². The van der Waals surface area contributed by atoms with Crippen molar-refractivity contribution in [1.29, 1.82) is 0 Å². The van der Waals surface area contributed by atoms with E-state index < -0.39 is 24.4 Å². The number of aryl methyl sites for hydroxylation is 2. The van der Waals surface area contributed by atoms with Crippen LogP contribution >= 0.6 is 27.5 Å². The normalized spacial score (nSPS) is 10.3. The average Bonchev–Trinajstić information content (AvgIpc) is 2.69. The van der Waals surface area contributed by atoms with Crippen molar-refractivity contribution in [2.24, 2.45) is 0 Å². The van der Waals surface area contributed by atoms with E-state index in [1.54, 1.807) is 18.2 Å². The second-order valence-corrected chi connectivity index (χ2v) is 7.76. The van der Waals surface area contributed by atoms with Crippen LogP contribution in [0.2, 0.25) is 5.02 Å². The Kier molecular flexibility index (Phi) is 8.68. The molecule has 0 fully saturated rings. The van der Waals surface area contributed by atoms with Crippen molar-refractivity contribution in [2.75, 3.05) is 24.4 Å². The molecule has 2 amide bonds. The number of amides is 2. The Morgan fingerprint density at radius 1 is 1.00 bits per heavy atom. The van der Waals surface area contributed by atoms with Crippen molar-refractivity contribution < 1.29 is 23.9 Å². The van der Waals surface area contributed by atoms with E-state index in [1.807, 2.05) is 26.0 Å². The molecular formula is C21H22BrClN2O5. The molecule has 30 heavy (non-hydrogen) atoms. The molecule has 0 aromatic heterocycles. The predicted octanol–water partition coefficient (Wildman–Crippen LogP) is 4.63. The standard InChI is InChI=1S/C21H22BrClN2O5/c1-12-8-15(9-13(2)21(12)22)24-19(27)11-30-20(28)7-6-18(26)25-16-10-14(23)4-5-17(16)29-3/h4-5,8-10H,6-7,11H2,1-3H3,(H,24,27)(H,25,26). The van der Waals surface area contributed by atoms with Crippen LogP contribution in [0.4, 0.5) is 11.4 Å². The van der Waals surface area contributed by atoms with Crippen molar-refractivity contribution in [3.63, 3.8) is 0 Å². The molecule has 7 nitrogen and oxygen atoms in total. The first kappa shape index (κ1) is 23.7. The minimum absolute atomic E-state index is 0.110. The molecule has 160 valence electrons. The van der Waals surface area contributed by atoms with Crippen LogP contribution in [-0.2, 0) is 19.1 Å². The van der Waals surface area contributed by atoms with Gasteiger partial charge < -0.3 is 20.1 Å². The number of hydrogen-bond acceptors (Lipinski definition) is 5. The van der Waals surface area contributed by atoms with E-state index in [-0.39, 0.29) is 12.8 Å². The maximum atomic E-state index is 12.1. The molecule has 0 heterocycles. The summed E-state index contributed by atoms with van der Waals surface area (Å²) in [5.41, 5.74) is 2.97. The number of anilines is 2. The van der Waals surface area contributed by atoms with Crippen LogP contribution in [0.5, 0.6) is 5.75 Å². The second-order valence-electron chi connectivity index (χ2n) is 6.53. The number of benzene rings is 2. The number of nitrogens with one attached hydrogen (secondary N) is 2. The molecule has 0 atom stereocenters. The van der Waals surface area contributed by atoms with Gasteiger partial charge in [0.05, 0.1) is 19.2 Å². The molecule has 0 radical (unpaired) electrons. The third-order valence-electron chi connectivity index (χ3n) is 4.08. The number of ether oxygens (including phenoxy) is 2. The SMILES string of the molecule is COc1ccc(Cl)cc1NC(=O)CCC(=O)OCC(=O)Nc1cc(C)c(Br)c(C)c1. The van der Waals surface area contributed by atoms with Gasteiger partial charge in [0.1, 0.15) is 5.75 Å². The van der Waals surface area contributed by atoms with Gasteiger partial charge in [-0.3, -0.25) is 14.4 Å². The highest BCUT2D eigenvalue weighted by atomic mass is 79.9. The van der Waals surface area contributed by atoms with Gasteiger partial charge in [-0.2, -0.15) is 0 Å². The highest BCUT2D eigenvalue weighted by Gasteiger charge is 2.13. The zero-order valence-electron chi connectivity index (χ0n) is 16.8. The van der Waals surface area contributed by atoms with Crippen molar-refractivity contribution in [3.05, 3.63) is 51.0 Å². The Labute approximate surface area is 188 Å². The van der Waals surface area contributed by atoms with Gasteiger partial charge >= 0.3 is 5.97 Å². The average molecular weight is 498 g/mol. The molecule has 2 rings (SSSR count). The van der Waals surface area contributed by atoms with Gasteiger partial charge in [-0.25, -0.2) is 0 Å². The number of rotatable bonds is 8. The Morgan fingerprint density at radius 2 is 1.67 bits per heavy atom.